The molecule has 0 radical (unpaired) electrons. The highest BCUT2D eigenvalue weighted by molar-refractivity contribution is 9.10. The molecule has 2 aromatic carbocycles. The number of anilines is 1. The molecule has 0 fully saturated rings. The Hall–Kier alpha value is -2.07. The van der Waals surface area contributed by atoms with Gasteiger partial charge in [0.2, 0.25) is 5.91 Å². The van der Waals surface area contributed by atoms with Gasteiger partial charge in [-0.15, -0.1) is 0 Å². The molecule has 3 nitrogen and oxygen atoms in total. The van der Waals surface area contributed by atoms with E-state index >= 15 is 0 Å². The molecular weight excluding hydrogens is 318 g/mol. The predicted octanol–water partition coefficient (Wildman–Crippen LogP) is 4.11. The molecule has 4 heteroatoms. The van der Waals surface area contributed by atoms with Crippen molar-refractivity contribution in [3.8, 4) is 5.75 Å². The fourth-order valence-corrected chi connectivity index (χ4v) is 2.08. The predicted molar refractivity (Wildman–Crippen MR) is 84.8 cm³/mol. The van der Waals surface area contributed by atoms with Gasteiger partial charge >= 0.3 is 0 Å². The van der Waals surface area contributed by atoms with Crippen LogP contribution in [0.3, 0.4) is 0 Å². The highest BCUT2D eigenvalue weighted by atomic mass is 79.9. The Morgan fingerprint density at radius 1 is 1.20 bits per heavy atom. The average molecular weight is 332 g/mol. The van der Waals surface area contributed by atoms with Crippen molar-refractivity contribution < 1.29 is 9.53 Å². The summed E-state index contributed by atoms with van der Waals surface area (Å²) in [6.45, 7) is 0. The molecule has 0 spiro atoms. The van der Waals surface area contributed by atoms with E-state index < -0.39 is 0 Å². The van der Waals surface area contributed by atoms with Gasteiger partial charge in [0, 0.05) is 22.3 Å². The van der Waals surface area contributed by atoms with E-state index in [0.717, 1.165) is 10.0 Å². The number of methoxy groups -OCH3 is 1. The maximum atomic E-state index is 11.8. The number of benzene rings is 2. The zero-order chi connectivity index (χ0) is 14.4. The van der Waals surface area contributed by atoms with Crippen LogP contribution in [0.4, 0.5) is 5.69 Å². The highest BCUT2D eigenvalue weighted by Crippen LogP contribution is 2.17. The van der Waals surface area contributed by atoms with Crippen LogP contribution in [0, 0.1) is 0 Å². The third-order valence-electron chi connectivity index (χ3n) is 2.61. The lowest BCUT2D eigenvalue weighted by molar-refractivity contribution is -0.111. The van der Waals surface area contributed by atoms with Crippen LogP contribution >= 0.6 is 15.9 Å². The maximum Gasteiger partial charge on any atom is 0.248 e. The van der Waals surface area contributed by atoms with Gasteiger partial charge in [0.25, 0.3) is 0 Å². The first-order valence-electron chi connectivity index (χ1n) is 6.06. The van der Waals surface area contributed by atoms with Crippen LogP contribution in [0.25, 0.3) is 6.08 Å². The number of amides is 1. The summed E-state index contributed by atoms with van der Waals surface area (Å²) in [6.07, 6.45) is 3.27. The molecule has 2 aromatic rings. The molecule has 0 saturated carbocycles. The van der Waals surface area contributed by atoms with E-state index in [0.29, 0.717) is 11.4 Å². The molecule has 0 heterocycles. The third-order valence-corrected chi connectivity index (χ3v) is 3.11. The number of carbonyl (C=O) groups is 1. The van der Waals surface area contributed by atoms with E-state index in [1.165, 1.54) is 6.08 Å². The largest absolute Gasteiger partial charge is 0.497 e. The summed E-state index contributed by atoms with van der Waals surface area (Å²) < 4.78 is 6.08. The van der Waals surface area contributed by atoms with Crippen molar-refractivity contribution in [3.63, 3.8) is 0 Å². The van der Waals surface area contributed by atoms with Crippen LogP contribution in [0.5, 0.6) is 5.75 Å². The zero-order valence-electron chi connectivity index (χ0n) is 11.0. The van der Waals surface area contributed by atoms with Gasteiger partial charge in [0.05, 0.1) is 7.11 Å². The fourth-order valence-electron chi connectivity index (χ4n) is 1.67. The molecule has 0 bridgehead atoms. The molecular formula is C16H14BrNO2. The average Bonchev–Trinajstić information content (AvgIpc) is 2.45. The molecule has 0 saturated heterocycles. The molecule has 1 amide bonds. The molecule has 0 aliphatic rings. The molecule has 0 atom stereocenters. The number of carbonyl (C=O) groups excluding carboxylic acids is 1. The lowest BCUT2D eigenvalue weighted by Crippen LogP contribution is -2.07. The molecule has 0 aliphatic heterocycles. The van der Waals surface area contributed by atoms with Crippen molar-refractivity contribution >= 4 is 33.6 Å². The monoisotopic (exact) mass is 331 g/mol. The summed E-state index contributed by atoms with van der Waals surface area (Å²) in [4.78, 5) is 11.8. The van der Waals surface area contributed by atoms with Crippen LogP contribution in [-0.4, -0.2) is 13.0 Å². The molecule has 2 rings (SSSR count). The van der Waals surface area contributed by atoms with Gasteiger partial charge < -0.3 is 10.1 Å². The summed E-state index contributed by atoms with van der Waals surface area (Å²) >= 11 is 3.39. The van der Waals surface area contributed by atoms with Gasteiger partial charge in [-0.1, -0.05) is 34.1 Å². The van der Waals surface area contributed by atoms with Crippen LogP contribution in [0.1, 0.15) is 5.56 Å². The lowest BCUT2D eigenvalue weighted by atomic mass is 10.2. The first kappa shape index (κ1) is 14.3. The van der Waals surface area contributed by atoms with Crippen molar-refractivity contribution in [1.82, 2.24) is 0 Å². The molecule has 0 aliphatic carbocycles. The number of nitrogens with one attached hydrogen (secondary N) is 1. The highest BCUT2D eigenvalue weighted by Gasteiger charge is 1.99. The topological polar surface area (TPSA) is 38.3 Å². The van der Waals surface area contributed by atoms with Crippen LogP contribution in [0.2, 0.25) is 0 Å². The first-order chi connectivity index (χ1) is 9.67. The Kier molecular flexibility index (Phi) is 4.96. The van der Waals surface area contributed by atoms with Crippen molar-refractivity contribution in [2.75, 3.05) is 12.4 Å². The minimum Gasteiger partial charge on any atom is -0.497 e. The standard InChI is InChI=1S/C16H14BrNO2/c1-20-15-7-3-6-14(11-15)18-16(19)9-8-12-4-2-5-13(17)10-12/h2-11H,1H3,(H,18,19)/b9-8+. The molecule has 0 aromatic heterocycles. The Morgan fingerprint density at radius 3 is 2.75 bits per heavy atom. The normalized spacial score (nSPS) is 10.5. The van der Waals surface area contributed by atoms with Gasteiger partial charge in [-0.25, -0.2) is 0 Å². The SMILES string of the molecule is COc1cccc(NC(=O)/C=C/c2cccc(Br)c2)c1. The molecule has 20 heavy (non-hydrogen) atoms. The minimum atomic E-state index is -0.182. The van der Waals surface area contributed by atoms with Gasteiger partial charge in [-0.05, 0) is 35.9 Å². The van der Waals surface area contributed by atoms with Gasteiger partial charge in [0.15, 0.2) is 0 Å². The second-order valence-corrected chi connectivity index (χ2v) is 5.03. The maximum absolute atomic E-state index is 11.8. The summed E-state index contributed by atoms with van der Waals surface area (Å²) in [6, 6.07) is 15.0. The van der Waals surface area contributed by atoms with Crippen molar-refractivity contribution in [3.05, 3.63) is 64.6 Å². The van der Waals surface area contributed by atoms with E-state index in [4.69, 9.17) is 4.74 Å². The quantitative estimate of drug-likeness (QED) is 0.856. The second kappa shape index (κ2) is 6.91. The zero-order valence-corrected chi connectivity index (χ0v) is 12.6. The Morgan fingerprint density at radius 2 is 2.00 bits per heavy atom. The second-order valence-electron chi connectivity index (χ2n) is 4.11. The lowest BCUT2D eigenvalue weighted by Gasteiger charge is -2.04. The summed E-state index contributed by atoms with van der Waals surface area (Å²) in [5.41, 5.74) is 1.66. The van der Waals surface area contributed by atoms with E-state index in [2.05, 4.69) is 21.2 Å². The van der Waals surface area contributed by atoms with Gasteiger partial charge in [-0.3, -0.25) is 4.79 Å². The number of halogens is 1. The summed E-state index contributed by atoms with van der Waals surface area (Å²) in [5.74, 6) is 0.525. The Balaban J connectivity index is 2.01. The van der Waals surface area contributed by atoms with E-state index in [9.17, 15) is 4.79 Å². The third kappa shape index (κ3) is 4.24. The Labute approximate surface area is 126 Å². The van der Waals surface area contributed by atoms with E-state index in [1.807, 2.05) is 42.5 Å². The minimum absolute atomic E-state index is 0.182. The van der Waals surface area contributed by atoms with Crippen LogP contribution < -0.4 is 10.1 Å². The molecule has 102 valence electrons. The van der Waals surface area contributed by atoms with Crippen LogP contribution in [-0.2, 0) is 4.79 Å². The van der Waals surface area contributed by atoms with Crippen molar-refractivity contribution in [1.29, 1.82) is 0 Å². The van der Waals surface area contributed by atoms with Gasteiger partial charge in [0.1, 0.15) is 5.75 Å². The summed E-state index contributed by atoms with van der Waals surface area (Å²) in [7, 11) is 1.59. The molecule has 1 N–H and O–H groups in total. The van der Waals surface area contributed by atoms with Gasteiger partial charge in [-0.2, -0.15) is 0 Å². The number of hydrogen-bond acceptors (Lipinski definition) is 2. The molecule has 0 unspecified atom stereocenters. The Bertz CT molecular complexity index is 638. The van der Waals surface area contributed by atoms with Crippen molar-refractivity contribution in [2.24, 2.45) is 0 Å². The smallest absolute Gasteiger partial charge is 0.248 e. The summed E-state index contributed by atoms with van der Waals surface area (Å²) in [5, 5.41) is 2.78. The number of ether oxygens (including phenoxy) is 1. The van der Waals surface area contributed by atoms with Crippen LogP contribution in [0.15, 0.2) is 59.1 Å². The first-order valence-corrected chi connectivity index (χ1v) is 6.85. The van der Waals surface area contributed by atoms with Crippen molar-refractivity contribution in [2.45, 2.75) is 0 Å². The number of hydrogen-bond donors (Lipinski definition) is 1. The fraction of sp³-hybridized carbons (Fsp3) is 0.0625. The van der Waals surface area contributed by atoms with E-state index in [-0.39, 0.29) is 5.91 Å². The van der Waals surface area contributed by atoms with E-state index in [1.54, 1.807) is 19.3 Å². The number of rotatable bonds is 4.